The molecule has 1 amide bonds. The Morgan fingerprint density at radius 3 is 2.40 bits per heavy atom. The highest BCUT2D eigenvalue weighted by Gasteiger charge is 2.31. The summed E-state index contributed by atoms with van der Waals surface area (Å²) in [5.41, 5.74) is 2.41. The van der Waals surface area contributed by atoms with Gasteiger partial charge in [-0.05, 0) is 44.0 Å². The molecule has 2 heterocycles. The van der Waals surface area contributed by atoms with Crippen LogP contribution in [0.1, 0.15) is 35.5 Å². The van der Waals surface area contributed by atoms with E-state index in [1.807, 2.05) is 39.0 Å². The van der Waals surface area contributed by atoms with Crippen LogP contribution in [0.5, 0.6) is 0 Å². The van der Waals surface area contributed by atoms with Crippen molar-refractivity contribution in [2.24, 2.45) is 0 Å². The summed E-state index contributed by atoms with van der Waals surface area (Å²) in [6.07, 6.45) is -4.44. The van der Waals surface area contributed by atoms with Crippen molar-refractivity contribution in [3.05, 3.63) is 65.0 Å². The zero-order valence-electron chi connectivity index (χ0n) is 19.9. The van der Waals surface area contributed by atoms with Crippen molar-refractivity contribution in [3.8, 4) is 11.4 Å². The van der Waals surface area contributed by atoms with Crippen molar-refractivity contribution < 1.29 is 22.5 Å². The van der Waals surface area contributed by atoms with Crippen LogP contribution >= 0.6 is 0 Å². The maximum atomic E-state index is 13.0. The number of piperazine rings is 1. The monoisotopic (exact) mass is 487 g/mol. The number of hydrogen-bond acceptors (Lipinski definition) is 6. The zero-order valence-corrected chi connectivity index (χ0v) is 19.9. The van der Waals surface area contributed by atoms with Gasteiger partial charge < -0.3 is 9.84 Å². The molecule has 1 unspecified atom stereocenters. The number of carbonyl (C=O) groups is 1. The number of hydrogen-bond donors (Lipinski definition) is 1. The first kappa shape index (κ1) is 24.9. The number of rotatable bonds is 6. The number of carbonyl (C=O) groups excluding carboxylic acids is 1. The van der Waals surface area contributed by atoms with Crippen LogP contribution in [0.2, 0.25) is 0 Å². The highest BCUT2D eigenvalue weighted by atomic mass is 19.4. The normalized spacial score (nSPS) is 16.3. The van der Waals surface area contributed by atoms with E-state index in [9.17, 15) is 18.0 Å². The molecular weight excluding hydrogens is 459 g/mol. The van der Waals surface area contributed by atoms with E-state index in [0.29, 0.717) is 38.6 Å². The van der Waals surface area contributed by atoms with Gasteiger partial charge in [0.05, 0.1) is 18.2 Å². The summed E-state index contributed by atoms with van der Waals surface area (Å²) in [6.45, 7) is 8.94. The molecule has 1 aromatic heterocycles. The maximum absolute atomic E-state index is 13.0. The largest absolute Gasteiger partial charge is 0.416 e. The van der Waals surface area contributed by atoms with Gasteiger partial charge >= 0.3 is 6.18 Å². The molecule has 0 radical (unpaired) electrons. The molecule has 7 nitrogen and oxygen atoms in total. The number of amides is 1. The highest BCUT2D eigenvalue weighted by Crippen LogP contribution is 2.32. The topological polar surface area (TPSA) is 74.5 Å². The second-order valence-electron chi connectivity index (χ2n) is 8.84. The number of para-hydroxylation sites is 1. The second kappa shape index (κ2) is 10.2. The van der Waals surface area contributed by atoms with E-state index in [1.54, 1.807) is 0 Å². The molecule has 0 saturated carbocycles. The fourth-order valence-corrected chi connectivity index (χ4v) is 4.22. The first-order chi connectivity index (χ1) is 16.6. The number of benzene rings is 2. The molecule has 35 heavy (non-hydrogen) atoms. The zero-order chi connectivity index (χ0) is 25.2. The van der Waals surface area contributed by atoms with Gasteiger partial charge in [0, 0.05) is 37.4 Å². The predicted octanol–water partition coefficient (Wildman–Crippen LogP) is 4.69. The summed E-state index contributed by atoms with van der Waals surface area (Å²) < 4.78 is 44.4. The summed E-state index contributed by atoms with van der Waals surface area (Å²) >= 11 is 0. The molecule has 2 aromatic carbocycles. The molecule has 0 bridgehead atoms. The third kappa shape index (κ3) is 5.88. The lowest BCUT2D eigenvalue weighted by Gasteiger charge is -2.36. The van der Waals surface area contributed by atoms with Gasteiger partial charge in [-0.25, -0.2) is 0 Å². The number of nitrogens with one attached hydrogen (secondary N) is 1. The quantitative estimate of drug-likeness (QED) is 0.544. The van der Waals surface area contributed by atoms with E-state index in [4.69, 9.17) is 4.52 Å². The Hall–Kier alpha value is -3.24. The van der Waals surface area contributed by atoms with Gasteiger partial charge in [0.2, 0.25) is 17.6 Å². The van der Waals surface area contributed by atoms with Crippen LogP contribution in [0.25, 0.3) is 11.4 Å². The molecule has 1 fully saturated rings. The molecule has 1 atom stereocenters. The molecule has 0 aliphatic carbocycles. The summed E-state index contributed by atoms with van der Waals surface area (Å²) in [4.78, 5) is 21.2. The number of aryl methyl sites for hydroxylation is 2. The van der Waals surface area contributed by atoms with Gasteiger partial charge in [-0.2, -0.15) is 18.2 Å². The third-order valence-corrected chi connectivity index (χ3v) is 6.31. The molecule has 3 aromatic rings. The van der Waals surface area contributed by atoms with Crippen LogP contribution in [0.4, 0.5) is 18.9 Å². The minimum Gasteiger partial charge on any atom is -0.337 e. The van der Waals surface area contributed by atoms with E-state index >= 15 is 0 Å². The van der Waals surface area contributed by atoms with Crippen LogP contribution in [-0.2, 0) is 11.0 Å². The molecule has 1 N–H and O–H groups in total. The fourth-order valence-electron chi connectivity index (χ4n) is 4.22. The maximum Gasteiger partial charge on any atom is 0.416 e. The number of nitrogens with zero attached hydrogens (tertiary/aromatic N) is 4. The summed E-state index contributed by atoms with van der Waals surface area (Å²) in [7, 11) is 0. The lowest BCUT2D eigenvalue weighted by atomic mass is 10.1. The lowest BCUT2D eigenvalue weighted by molar-refractivity contribution is -0.137. The Labute approximate surface area is 201 Å². The second-order valence-corrected chi connectivity index (χ2v) is 8.84. The highest BCUT2D eigenvalue weighted by molar-refractivity contribution is 5.93. The van der Waals surface area contributed by atoms with Crippen molar-refractivity contribution >= 4 is 11.6 Å². The number of halogens is 3. The van der Waals surface area contributed by atoms with Crippen LogP contribution in [-0.4, -0.2) is 58.6 Å². The van der Waals surface area contributed by atoms with E-state index in [1.165, 1.54) is 12.1 Å². The van der Waals surface area contributed by atoms with E-state index in [0.717, 1.165) is 28.9 Å². The standard InChI is InChI=1S/C25H28F3N5O2/c1-16-6-4-7-17(2)22(16)29-21(34)15-32-10-12-33(13-11-32)18(3)24-30-23(31-35-24)19-8-5-9-20(14-19)25(26,27)28/h4-9,14,18H,10-13,15H2,1-3H3,(H,29,34). The number of aromatic nitrogens is 2. The summed E-state index contributed by atoms with van der Waals surface area (Å²) in [5, 5.41) is 6.91. The fraction of sp³-hybridized carbons (Fsp3) is 0.400. The van der Waals surface area contributed by atoms with E-state index in [-0.39, 0.29) is 23.3 Å². The Bertz CT molecular complexity index is 1170. The van der Waals surface area contributed by atoms with Gasteiger partial charge in [-0.1, -0.05) is 35.5 Å². The molecular formula is C25H28F3N5O2. The third-order valence-electron chi connectivity index (χ3n) is 6.31. The number of anilines is 1. The van der Waals surface area contributed by atoms with Crippen molar-refractivity contribution in [1.82, 2.24) is 19.9 Å². The van der Waals surface area contributed by atoms with Crippen molar-refractivity contribution in [3.63, 3.8) is 0 Å². The minimum atomic E-state index is -4.44. The minimum absolute atomic E-state index is 0.0495. The van der Waals surface area contributed by atoms with E-state index in [2.05, 4.69) is 25.3 Å². The Balaban J connectivity index is 1.32. The lowest BCUT2D eigenvalue weighted by Crippen LogP contribution is -2.49. The van der Waals surface area contributed by atoms with Crippen LogP contribution < -0.4 is 5.32 Å². The number of alkyl halides is 3. The molecule has 10 heteroatoms. The summed E-state index contributed by atoms with van der Waals surface area (Å²) in [5.74, 6) is 0.421. The van der Waals surface area contributed by atoms with Crippen LogP contribution in [0, 0.1) is 13.8 Å². The van der Waals surface area contributed by atoms with Gasteiger partial charge in [-0.3, -0.25) is 14.6 Å². The molecule has 0 spiro atoms. The van der Waals surface area contributed by atoms with Crippen molar-refractivity contribution in [2.45, 2.75) is 33.0 Å². The molecule has 1 saturated heterocycles. The Morgan fingerprint density at radius 2 is 1.74 bits per heavy atom. The van der Waals surface area contributed by atoms with Gasteiger partial charge in [0.25, 0.3) is 0 Å². The first-order valence-corrected chi connectivity index (χ1v) is 11.5. The SMILES string of the molecule is Cc1cccc(C)c1NC(=O)CN1CCN(C(C)c2nc(-c3cccc(C(F)(F)F)c3)no2)CC1. The first-order valence-electron chi connectivity index (χ1n) is 11.5. The molecule has 186 valence electrons. The average Bonchev–Trinajstić information content (AvgIpc) is 3.32. The van der Waals surface area contributed by atoms with Crippen LogP contribution in [0.3, 0.4) is 0 Å². The average molecular weight is 488 g/mol. The van der Waals surface area contributed by atoms with Gasteiger partial charge in [0.15, 0.2) is 0 Å². The predicted molar refractivity (Wildman–Crippen MR) is 126 cm³/mol. The van der Waals surface area contributed by atoms with Crippen molar-refractivity contribution in [1.29, 1.82) is 0 Å². The molecule has 1 aliphatic rings. The van der Waals surface area contributed by atoms with Crippen LogP contribution in [0.15, 0.2) is 47.0 Å². The Morgan fingerprint density at radius 1 is 1.09 bits per heavy atom. The molecule has 1 aliphatic heterocycles. The Kier molecular flexibility index (Phi) is 7.23. The van der Waals surface area contributed by atoms with E-state index < -0.39 is 11.7 Å². The van der Waals surface area contributed by atoms with Gasteiger partial charge in [0.1, 0.15) is 0 Å². The molecule has 4 rings (SSSR count). The summed E-state index contributed by atoms with van der Waals surface area (Å²) in [6, 6.07) is 10.6. The van der Waals surface area contributed by atoms with Crippen molar-refractivity contribution in [2.75, 3.05) is 38.0 Å². The van der Waals surface area contributed by atoms with Gasteiger partial charge in [-0.15, -0.1) is 0 Å². The smallest absolute Gasteiger partial charge is 0.337 e.